The number of likely N-dealkylation sites (tertiary alicyclic amines) is 1. The molecule has 0 radical (unpaired) electrons. The van der Waals surface area contributed by atoms with Crippen LogP contribution in [0.4, 0.5) is 0 Å². The van der Waals surface area contributed by atoms with Crippen molar-refractivity contribution in [2.24, 2.45) is 5.92 Å². The highest BCUT2D eigenvalue weighted by atomic mass is 16.2. The van der Waals surface area contributed by atoms with Gasteiger partial charge in [-0.15, -0.1) is 10.2 Å². The number of nitrogens with zero attached hydrogens (tertiary/aromatic N) is 4. The van der Waals surface area contributed by atoms with Crippen LogP contribution >= 0.6 is 0 Å². The second kappa shape index (κ2) is 6.27. The van der Waals surface area contributed by atoms with Gasteiger partial charge in [0.05, 0.1) is 6.04 Å². The summed E-state index contributed by atoms with van der Waals surface area (Å²) in [7, 11) is 0. The van der Waals surface area contributed by atoms with E-state index in [9.17, 15) is 4.79 Å². The molecule has 3 aromatic rings. The molecule has 1 aromatic carbocycles. The van der Waals surface area contributed by atoms with E-state index in [1.165, 1.54) is 12.8 Å². The second-order valence-electron chi connectivity index (χ2n) is 7.57. The SMILES string of the molecule is O=C(c1ccc2[nH]ccc2c1)N1CCCC[C@@H]1c1nncn1CC1CC1. The Bertz CT molecular complexity index is 938. The summed E-state index contributed by atoms with van der Waals surface area (Å²) in [5.74, 6) is 1.81. The molecule has 6 nitrogen and oxygen atoms in total. The number of benzene rings is 1. The van der Waals surface area contributed by atoms with E-state index in [0.717, 1.165) is 60.6 Å². The lowest BCUT2D eigenvalue weighted by Gasteiger charge is -2.35. The molecule has 3 heterocycles. The van der Waals surface area contributed by atoms with E-state index in [-0.39, 0.29) is 11.9 Å². The van der Waals surface area contributed by atoms with Crippen LogP contribution in [0.2, 0.25) is 0 Å². The van der Waals surface area contributed by atoms with Gasteiger partial charge in [-0.05, 0) is 62.3 Å². The fourth-order valence-corrected chi connectivity index (χ4v) is 4.04. The van der Waals surface area contributed by atoms with Gasteiger partial charge in [0, 0.05) is 35.8 Å². The molecule has 1 atom stereocenters. The van der Waals surface area contributed by atoms with Gasteiger partial charge >= 0.3 is 0 Å². The third-order valence-electron chi connectivity index (χ3n) is 5.66. The Labute approximate surface area is 152 Å². The summed E-state index contributed by atoms with van der Waals surface area (Å²) in [4.78, 5) is 18.5. The van der Waals surface area contributed by atoms with Crippen molar-refractivity contribution in [1.82, 2.24) is 24.6 Å². The van der Waals surface area contributed by atoms with E-state index in [4.69, 9.17) is 0 Å². The summed E-state index contributed by atoms with van der Waals surface area (Å²) < 4.78 is 2.17. The molecule has 2 fully saturated rings. The summed E-state index contributed by atoms with van der Waals surface area (Å²) in [5, 5.41) is 9.62. The zero-order chi connectivity index (χ0) is 17.5. The summed E-state index contributed by atoms with van der Waals surface area (Å²) in [5.41, 5.74) is 1.80. The number of carbonyl (C=O) groups excluding carboxylic acids is 1. The van der Waals surface area contributed by atoms with Gasteiger partial charge in [0.15, 0.2) is 5.82 Å². The van der Waals surface area contributed by atoms with Crippen molar-refractivity contribution in [3.8, 4) is 0 Å². The van der Waals surface area contributed by atoms with Gasteiger partial charge in [-0.25, -0.2) is 0 Å². The topological polar surface area (TPSA) is 66.8 Å². The van der Waals surface area contributed by atoms with E-state index >= 15 is 0 Å². The normalized spacial score (nSPS) is 20.6. The maximum atomic E-state index is 13.3. The van der Waals surface area contributed by atoms with Crippen LogP contribution in [0.3, 0.4) is 0 Å². The number of rotatable bonds is 4. The quantitative estimate of drug-likeness (QED) is 0.783. The molecule has 134 valence electrons. The van der Waals surface area contributed by atoms with Gasteiger partial charge in [0.2, 0.25) is 0 Å². The molecule has 2 aliphatic rings. The molecule has 1 saturated carbocycles. The van der Waals surface area contributed by atoms with Crippen molar-refractivity contribution in [1.29, 1.82) is 0 Å². The minimum atomic E-state index is 0.0272. The predicted octanol–water partition coefficient (Wildman–Crippen LogP) is 3.54. The van der Waals surface area contributed by atoms with Gasteiger partial charge in [-0.2, -0.15) is 0 Å². The molecular weight excluding hydrogens is 326 g/mol. The van der Waals surface area contributed by atoms with Gasteiger partial charge in [-0.1, -0.05) is 0 Å². The molecule has 1 aliphatic carbocycles. The number of nitrogens with one attached hydrogen (secondary N) is 1. The van der Waals surface area contributed by atoms with E-state index in [2.05, 4.69) is 19.7 Å². The Hall–Kier alpha value is -2.63. The van der Waals surface area contributed by atoms with Crippen molar-refractivity contribution >= 4 is 16.8 Å². The third kappa shape index (κ3) is 2.79. The van der Waals surface area contributed by atoms with Crippen LogP contribution in [0.5, 0.6) is 0 Å². The first-order valence-electron chi connectivity index (χ1n) is 9.55. The summed E-state index contributed by atoms with van der Waals surface area (Å²) in [6.45, 7) is 1.77. The molecule has 5 rings (SSSR count). The highest BCUT2D eigenvalue weighted by Gasteiger charge is 2.33. The number of aromatic nitrogens is 4. The Kier molecular flexibility index (Phi) is 3.76. The predicted molar refractivity (Wildman–Crippen MR) is 98.7 cm³/mol. The van der Waals surface area contributed by atoms with Crippen molar-refractivity contribution < 1.29 is 4.79 Å². The molecule has 1 saturated heterocycles. The van der Waals surface area contributed by atoms with Gasteiger partial charge < -0.3 is 14.5 Å². The summed E-state index contributed by atoms with van der Waals surface area (Å²) >= 11 is 0. The number of H-pyrrole nitrogens is 1. The maximum absolute atomic E-state index is 13.3. The van der Waals surface area contributed by atoms with Crippen LogP contribution in [0.1, 0.15) is 54.3 Å². The number of hydrogen-bond donors (Lipinski definition) is 1. The number of fused-ring (bicyclic) bond motifs is 1. The number of piperidine rings is 1. The lowest BCUT2D eigenvalue weighted by atomic mass is 9.99. The van der Waals surface area contributed by atoms with Crippen molar-refractivity contribution in [2.45, 2.75) is 44.7 Å². The van der Waals surface area contributed by atoms with Crippen LogP contribution in [-0.2, 0) is 6.54 Å². The molecule has 0 spiro atoms. The van der Waals surface area contributed by atoms with Gasteiger partial charge in [0.1, 0.15) is 6.33 Å². The zero-order valence-corrected chi connectivity index (χ0v) is 14.8. The van der Waals surface area contributed by atoms with E-state index in [1.54, 1.807) is 0 Å². The fraction of sp³-hybridized carbons (Fsp3) is 0.450. The number of aromatic amines is 1. The third-order valence-corrected chi connectivity index (χ3v) is 5.66. The monoisotopic (exact) mass is 349 g/mol. The van der Waals surface area contributed by atoms with Crippen LogP contribution < -0.4 is 0 Å². The largest absolute Gasteiger partial charge is 0.361 e. The molecule has 6 heteroatoms. The first-order chi connectivity index (χ1) is 12.8. The average molecular weight is 349 g/mol. The maximum Gasteiger partial charge on any atom is 0.254 e. The van der Waals surface area contributed by atoms with E-state index in [0.29, 0.717) is 0 Å². The molecular formula is C20H23N5O. The Balaban J connectivity index is 1.45. The number of amides is 1. The molecule has 0 bridgehead atoms. The standard InChI is InChI=1S/C20H23N5O/c26-20(16-6-7-17-15(11-16)8-9-21-17)25-10-2-1-3-18(25)19-23-22-13-24(19)12-14-4-5-14/h6-9,11,13-14,18,21H,1-5,10,12H2/t18-/m1/s1. The molecule has 2 aromatic heterocycles. The highest BCUT2D eigenvalue weighted by molar-refractivity contribution is 5.98. The van der Waals surface area contributed by atoms with E-state index < -0.39 is 0 Å². The van der Waals surface area contributed by atoms with Gasteiger partial charge in [0.25, 0.3) is 5.91 Å². The first-order valence-corrected chi connectivity index (χ1v) is 9.55. The molecule has 1 N–H and O–H groups in total. The smallest absolute Gasteiger partial charge is 0.254 e. The Morgan fingerprint density at radius 3 is 3.00 bits per heavy atom. The average Bonchev–Trinajstić information content (AvgIpc) is 3.17. The molecule has 0 unspecified atom stereocenters. The highest BCUT2D eigenvalue weighted by Crippen LogP contribution is 2.35. The fourth-order valence-electron chi connectivity index (χ4n) is 4.04. The van der Waals surface area contributed by atoms with Gasteiger partial charge in [-0.3, -0.25) is 4.79 Å². The molecule has 1 aliphatic heterocycles. The zero-order valence-electron chi connectivity index (χ0n) is 14.8. The summed E-state index contributed by atoms with van der Waals surface area (Å²) in [6, 6.07) is 7.92. The molecule has 26 heavy (non-hydrogen) atoms. The van der Waals surface area contributed by atoms with Crippen LogP contribution in [0.25, 0.3) is 10.9 Å². The Morgan fingerprint density at radius 1 is 1.19 bits per heavy atom. The number of hydrogen-bond acceptors (Lipinski definition) is 3. The van der Waals surface area contributed by atoms with Crippen molar-refractivity contribution in [3.63, 3.8) is 0 Å². The number of carbonyl (C=O) groups is 1. The van der Waals surface area contributed by atoms with Crippen molar-refractivity contribution in [3.05, 3.63) is 48.2 Å². The van der Waals surface area contributed by atoms with Crippen molar-refractivity contribution in [2.75, 3.05) is 6.54 Å². The minimum absolute atomic E-state index is 0.0272. The lowest BCUT2D eigenvalue weighted by Crippen LogP contribution is -2.39. The Morgan fingerprint density at radius 2 is 2.12 bits per heavy atom. The summed E-state index contributed by atoms with van der Waals surface area (Å²) in [6.07, 6.45) is 9.46. The van der Waals surface area contributed by atoms with Crippen LogP contribution in [0.15, 0.2) is 36.8 Å². The second-order valence-corrected chi connectivity index (χ2v) is 7.57. The van der Waals surface area contributed by atoms with E-state index in [1.807, 2.05) is 41.7 Å². The van der Waals surface area contributed by atoms with Crippen LogP contribution in [0, 0.1) is 5.92 Å². The molecule has 1 amide bonds. The minimum Gasteiger partial charge on any atom is -0.361 e. The lowest BCUT2D eigenvalue weighted by molar-refractivity contribution is 0.0594. The first kappa shape index (κ1) is 15.6. The van der Waals surface area contributed by atoms with Crippen LogP contribution in [-0.4, -0.2) is 37.1 Å².